The molecule has 1 amide bonds. The van der Waals surface area contributed by atoms with E-state index in [1.165, 1.54) is 30.0 Å². The lowest BCUT2D eigenvalue weighted by Crippen LogP contribution is -2.24. The Hall–Kier alpha value is -2.12. The molecule has 0 spiro atoms. The summed E-state index contributed by atoms with van der Waals surface area (Å²) in [5, 5.41) is 5.89. The highest BCUT2D eigenvalue weighted by molar-refractivity contribution is 7.99. The van der Waals surface area contributed by atoms with Gasteiger partial charge < -0.3 is 5.32 Å². The van der Waals surface area contributed by atoms with Crippen LogP contribution in [0.15, 0.2) is 51.7 Å². The van der Waals surface area contributed by atoms with E-state index in [0.29, 0.717) is 22.8 Å². The van der Waals surface area contributed by atoms with Crippen LogP contribution >= 0.6 is 23.1 Å². The molecule has 0 aliphatic rings. The Labute approximate surface area is 141 Å². The lowest BCUT2D eigenvalue weighted by Gasteiger charge is -2.12. The number of nitrogens with one attached hydrogen (secondary N) is 1. The summed E-state index contributed by atoms with van der Waals surface area (Å²) in [6.45, 7) is 2.02. The molecule has 0 saturated carbocycles. The Balaban J connectivity index is 2.01. The first kappa shape index (κ1) is 15.8. The minimum absolute atomic E-state index is 0.0623. The molecule has 2 aromatic heterocycles. The molecule has 0 atom stereocenters. The van der Waals surface area contributed by atoms with E-state index >= 15 is 0 Å². The summed E-state index contributed by atoms with van der Waals surface area (Å²) >= 11 is 2.92. The number of aromatic nitrogens is 2. The lowest BCUT2D eigenvalue weighted by atomic mass is 10.3. The van der Waals surface area contributed by atoms with Crippen molar-refractivity contribution in [1.29, 1.82) is 0 Å². The molecule has 0 aliphatic heterocycles. The fraction of sp³-hybridized carbons (Fsp3) is 0.188. The summed E-state index contributed by atoms with van der Waals surface area (Å²) in [5.74, 6) is 0.586. The molecule has 0 unspecified atom stereocenters. The van der Waals surface area contributed by atoms with Crippen molar-refractivity contribution >= 4 is 39.2 Å². The summed E-state index contributed by atoms with van der Waals surface area (Å²) in [5.41, 5.74) is 0.726. The molecule has 0 aliphatic carbocycles. The third-order valence-corrected chi connectivity index (χ3v) is 4.94. The number of thioether (sulfide) groups is 1. The first-order valence-corrected chi connectivity index (χ1v) is 8.96. The number of para-hydroxylation sites is 1. The van der Waals surface area contributed by atoms with Gasteiger partial charge in [-0.05, 0) is 23.6 Å². The first-order chi connectivity index (χ1) is 11.2. The molecule has 118 valence electrons. The van der Waals surface area contributed by atoms with E-state index in [4.69, 9.17) is 0 Å². The van der Waals surface area contributed by atoms with Gasteiger partial charge in [0.2, 0.25) is 5.91 Å². The Morgan fingerprint density at radius 2 is 2.09 bits per heavy atom. The molecule has 23 heavy (non-hydrogen) atoms. The van der Waals surface area contributed by atoms with Gasteiger partial charge in [-0.3, -0.25) is 14.2 Å². The maximum atomic E-state index is 12.8. The number of hydrogen-bond acceptors (Lipinski definition) is 5. The van der Waals surface area contributed by atoms with Crippen molar-refractivity contribution in [3.8, 4) is 5.69 Å². The fourth-order valence-electron chi connectivity index (χ4n) is 2.17. The van der Waals surface area contributed by atoms with Crippen LogP contribution in [0.5, 0.6) is 0 Å². The number of fused-ring (bicyclic) bond motifs is 1. The molecule has 1 N–H and O–H groups in total. The maximum Gasteiger partial charge on any atom is 0.267 e. The lowest BCUT2D eigenvalue weighted by molar-refractivity contribution is -0.118. The second kappa shape index (κ2) is 6.97. The largest absolute Gasteiger partial charge is 0.356 e. The summed E-state index contributed by atoms with van der Waals surface area (Å²) in [6.07, 6.45) is 0. The molecule has 0 fully saturated rings. The molecule has 5 nitrogen and oxygen atoms in total. The SMILES string of the molecule is CC(=O)NCCSc1nc2sccc2c(=O)n1-c1ccccc1. The predicted octanol–water partition coefficient (Wildman–Crippen LogP) is 2.68. The topological polar surface area (TPSA) is 64.0 Å². The predicted molar refractivity (Wildman–Crippen MR) is 94.6 cm³/mol. The van der Waals surface area contributed by atoms with E-state index in [2.05, 4.69) is 10.3 Å². The second-order valence-corrected chi connectivity index (χ2v) is 6.80. The second-order valence-electron chi connectivity index (χ2n) is 4.84. The zero-order chi connectivity index (χ0) is 16.2. The standard InChI is InChI=1S/C16H15N3O2S2/c1-11(20)17-8-10-23-16-18-14-13(7-9-22-14)15(21)19(16)12-5-3-2-4-6-12/h2-7,9H,8,10H2,1H3,(H,17,20). The van der Waals surface area contributed by atoms with Gasteiger partial charge in [0.25, 0.3) is 5.56 Å². The van der Waals surface area contributed by atoms with Crippen molar-refractivity contribution in [3.05, 3.63) is 52.1 Å². The number of carbonyl (C=O) groups excluding carboxylic acids is 1. The van der Waals surface area contributed by atoms with Gasteiger partial charge >= 0.3 is 0 Å². The van der Waals surface area contributed by atoms with Crippen LogP contribution in [0.3, 0.4) is 0 Å². The van der Waals surface area contributed by atoms with E-state index in [1.54, 1.807) is 10.6 Å². The van der Waals surface area contributed by atoms with Crippen LogP contribution in [0, 0.1) is 0 Å². The van der Waals surface area contributed by atoms with Gasteiger partial charge in [0, 0.05) is 19.2 Å². The van der Waals surface area contributed by atoms with Crippen LogP contribution < -0.4 is 10.9 Å². The van der Waals surface area contributed by atoms with Gasteiger partial charge in [-0.15, -0.1) is 11.3 Å². The molecule has 0 saturated heterocycles. The number of benzene rings is 1. The van der Waals surface area contributed by atoms with Crippen molar-refractivity contribution in [2.45, 2.75) is 12.1 Å². The highest BCUT2D eigenvalue weighted by Crippen LogP contribution is 2.23. The Morgan fingerprint density at radius 1 is 1.30 bits per heavy atom. The number of carbonyl (C=O) groups is 1. The summed E-state index contributed by atoms with van der Waals surface area (Å²) in [7, 11) is 0. The first-order valence-electron chi connectivity index (χ1n) is 7.10. The third kappa shape index (κ3) is 3.46. The molecule has 7 heteroatoms. The average Bonchev–Trinajstić information content (AvgIpc) is 3.01. The molecule has 2 heterocycles. The van der Waals surface area contributed by atoms with Crippen LogP contribution in [0.4, 0.5) is 0 Å². The normalized spacial score (nSPS) is 10.8. The van der Waals surface area contributed by atoms with Crippen molar-refractivity contribution < 1.29 is 4.79 Å². The highest BCUT2D eigenvalue weighted by atomic mass is 32.2. The fourth-order valence-corrected chi connectivity index (χ4v) is 3.84. The molecule has 1 aromatic carbocycles. The van der Waals surface area contributed by atoms with E-state index < -0.39 is 0 Å². The Kier molecular flexibility index (Phi) is 4.78. The Morgan fingerprint density at radius 3 is 2.83 bits per heavy atom. The molecule has 3 aromatic rings. The molecular weight excluding hydrogens is 330 g/mol. The monoisotopic (exact) mass is 345 g/mol. The number of hydrogen-bond donors (Lipinski definition) is 1. The van der Waals surface area contributed by atoms with Gasteiger partial charge in [-0.1, -0.05) is 30.0 Å². The van der Waals surface area contributed by atoms with Gasteiger partial charge in [-0.25, -0.2) is 4.98 Å². The van der Waals surface area contributed by atoms with Crippen LogP contribution in [0.1, 0.15) is 6.92 Å². The van der Waals surface area contributed by atoms with E-state index in [1.807, 2.05) is 35.7 Å². The van der Waals surface area contributed by atoms with Crippen LogP contribution in [-0.4, -0.2) is 27.8 Å². The van der Waals surface area contributed by atoms with Gasteiger partial charge in [-0.2, -0.15) is 0 Å². The smallest absolute Gasteiger partial charge is 0.267 e. The molecular formula is C16H15N3O2S2. The van der Waals surface area contributed by atoms with Gasteiger partial charge in [0.05, 0.1) is 11.1 Å². The Bertz CT molecular complexity index is 887. The number of rotatable bonds is 5. The zero-order valence-electron chi connectivity index (χ0n) is 12.5. The van der Waals surface area contributed by atoms with Crippen molar-refractivity contribution in [2.75, 3.05) is 12.3 Å². The minimum Gasteiger partial charge on any atom is -0.356 e. The van der Waals surface area contributed by atoms with Crippen LogP contribution in [0.2, 0.25) is 0 Å². The summed E-state index contributed by atoms with van der Waals surface area (Å²) in [4.78, 5) is 29.1. The molecule has 0 radical (unpaired) electrons. The number of amides is 1. The quantitative estimate of drug-likeness (QED) is 0.439. The van der Waals surface area contributed by atoms with Gasteiger partial charge in [0.15, 0.2) is 5.16 Å². The minimum atomic E-state index is -0.0653. The van der Waals surface area contributed by atoms with E-state index in [0.717, 1.165) is 10.5 Å². The number of thiophene rings is 1. The van der Waals surface area contributed by atoms with Crippen LogP contribution in [0.25, 0.3) is 15.9 Å². The van der Waals surface area contributed by atoms with Crippen molar-refractivity contribution in [3.63, 3.8) is 0 Å². The maximum absolute atomic E-state index is 12.8. The van der Waals surface area contributed by atoms with Crippen molar-refractivity contribution in [2.24, 2.45) is 0 Å². The zero-order valence-corrected chi connectivity index (χ0v) is 14.1. The molecule has 0 bridgehead atoms. The van der Waals surface area contributed by atoms with E-state index in [-0.39, 0.29) is 11.5 Å². The van der Waals surface area contributed by atoms with Crippen LogP contribution in [-0.2, 0) is 4.79 Å². The highest BCUT2D eigenvalue weighted by Gasteiger charge is 2.13. The summed E-state index contributed by atoms with van der Waals surface area (Å²) in [6, 6.07) is 11.3. The third-order valence-electron chi connectivity index (χ3n) is 3.19. The van der Waals surface area contributed by atoms with Crippen molar-refractivity contribution in [1.82, 2.24) is 14.9 Å². The average molecular weight is 345 g/mol. The van der Waals surface area contributed by atoms with E-state index in [9.17, 15) is 9.59 Å². The summed E-state index contributed by atoms with van der Waals surface area (Å²) < 4.78 is 1.63. The number of nitrogens with zero attached hydrogens (tertiary/aromatic N) is 2. The molecule has 3 rings (SSSR count). The van der Waals surface area contributed by atoms with Gasteiger partial charge in [0.1, 0.15) is 4.83 Å².